The molecule has 1 heterocycles. The lowest BCUT2D eigenvalue weighted by Gasteiger charge is -2.27. The van der Waals surface area contributed by atoms with Gasteiger partial charge in [0.25, 0.3) is 6.43 Å². The average molecular weight is 318 g/mol. The summed E-state index contributed by atoms with van der Waals surface area (Å²) in [7, 11) is 0. The number of carbonyl (C=O) groups excluding carboxylic acids is 1. The van der Waals surface area contributed by atoms with Crippen LogP contribution in [-0.4, -0.2) is 39.5 Å². The van der Waals surface area contributed by atoms with E-state index in [4.69, 9.17) is 0 Å². The SMILES string of the molecule is CCCC(O)(CCC)CNC(=O)Nc1cnn(CC(F)F)c1. The monoisotopic (exact) mass is 318 g/mol. The summed E-state index contributed by atoms with van der Waals surface area (Å²) in [6, 6.07) is -0.498. The van der Waals surface area contributed by atoms with Crippen LogP contribution in [-0.2, 0) is 6.54 Å². The van der Waals surface area contributed by atoms with Crippen molar-refractivity contribution in [3.8, 4) is 0 Å². The fourth-order valence-electron chi connectivity index (χ4n) is 2.32. The summed E-state index contributed by atoms with van der Waals surface area (Å²) < 4.78 is 25.5. The van der Waals surface area contributed by atoms with Crippen LogP contribution >= 0.6 is 0 Å². The van der Waals surface area contributed by atoms with Gasteiger partial charge in [-0.05, 0) is 12.8 Å². The highest BCUT2D eigenvalue weighted by molar-refractivity contribution is 5.88. The Morgan fingerprint density at radius 1 is 1.41 bits per heavy atom. The standard InChI is InChI=1S/C14H24F2N4O2/c1-3-5-14(22,6-4-2)10-17-13(21)19-11-7-18-20(8-11)9-12(15)16/h7-8,12,22H,3-6,9-10H2,1-2H3,(H2,17,19,21). The van der Waals surface area contributed by atoms with Crippen molar-refractivity contribution in [2.75, 3.05) is 11.9 Å². The average Bonchev–Trinajstić information content (AvgIpc) is 2.83. The zero-order valence-corrected chi connectivity index (χ0v) is 13.0. The number of rotatable bonds is 9. The smallest absolute Gasteiger partial charge is 0.319 e. The van der Waals surface area contributed by atoms with Gasteiger partial charge in [0, 0.05) is 12.7 Å². The van der Waals surface area contributed by atoms with Crippen LogP contribution in [0.2, 0.25) is 0 Å². The van der Waals surface area contributed by atoms with Crippen molar-refractivity contribution in [2.45, 2.75) is 58.1 Å². The van der Waals surface area contributed by atoms with Crippen LogP contribution in [0, 0.1) is 0 Å². The molecule has 0 saturated heterocycles. The topological polar surface area (TPSA) is 79.2 Å². The fourth-order valence-corrected chi connectivity index (χ4v) is 2.32. The van der Waals surface area contributed by atoms with Crippen molar-refractivity contribution in [1.29, 1.82) is 0 Å². The minimum absolute atomic E-state index is 0.145. The Balaban J connectivity index is 2.46. The lowest BCUT2D eigenvalue weighted by molar-refractivity contribution is 0.0245. The molecule has 1 aromatic rings. The summed E-state index contributed by atoms with van der Waals surface area (Å²) in [5, 5.41) is 19.2. The molecule has 0 aliphatic carbocycles. The van der Waals surface area contributed by atoms with E-state index in [1.165, 1.54) is 12.4 Å². The fraction of sp³-hybridized carbons (Fsp3) is 0.714. The number of urea groups is 1. The molecule has 0 radical (unpaired) electrons. The molecule has 1 aromatic heterocycles. The molecule has 0 bridgehead atoms. The summed E-state index contributed by atoms with van der Waals surface area (Å²) in [5.41, 5.74) is -0.589. The van der Waals surface area contributed by atoms with E-state index >= 15 is 0 Å². The van der Waals surface area contributed by atoms with Crippen molar-refractivity contribution >= 4 is 11.7 Å². The molecule has 2 amide bonds. The maximum Gasteiger partial charge on any atom is 0.319 e. The van der Waals surface area contributed by atoms with Gasteiger partial charge in [0.15, 0.2) is 0 Å². The molecule has 22 heavy (non-hydrogen) atoms. The van der Waals surface area contributed by atoms with Crippen LogP contribution in [0.3, 0.4) is 0 Å². The van der Waals surface area contributed by atoms with Gasteiger partial charge < -0.3 is 15.7 Å². The van der Waals surface area contributed by atoms with Gasteiger partial charge in [-0.25, -0.2) is 13.6 Å². The molecule has 3 N–H and O–H groups in total. The Morgan fingerprint density at radius 3 is 2.59 bits per heavy atom. The number of hydrogen-bond donors (Lipinski definition) is 3. The molecule has 0 aliphatic rings. The highest BCUT2D eigenvalue weighted by Crippen LogP contribution is 2.18. The third-order valence-electron chi connectivity index (χ3n) is 3.22. The molecular weight excluding hydrogens is 294 g/mol. The summed E-state index contributed by atoms with van der Waals surface area (Å²) in [5.74, 6) is 0. The van der Waals surface area contributed by atoms with Crippen molar-refractivity contribution in [1.82, 2.24) is 15.1 Å². The molecule has 1 rings (SSSR count). The molecule has 8 heteroatoms. The predicted octanol–water partition coefficient (Wildman–Crippen LogP) is 2.60. The van der Waals surface area contributed by atoms with Gasteiger partial charge in [-0.2, -0.15) is 5.10 Å². The molecule has 0 atom stereocenters. The molecule has 6 nitrogen and oxygen atoms in total. The molecule has 0 saturated carbocycles. The number of anilines is 1. The van der Waals surface area contributed by atoms with E-state index in [0.29, 0.717) is 18.5 Å². The number of aromatic nitrogens is 2. The minimum atomic E-state index is -2.50. The maximum atomic E-state index is 12.2. The number of alkyl halides is 2. The molecule has 0 unspecified atom stereocenters. The highest BCUT2D eigenvalue weighted by Gasteiger charge is 2.25. The van der Waals surface area contributed by atoms with E-state index < -0.39 is 24.6 Å². The Kier molecular flexibility index (Phi) is 7.23. The second kappa shape index (κ2) is 8.67. The third-order valence-corrected chi connectivity index (χ3v) is 3.22. The van der Waals surface area contributed by atoms with E-state index in [2.05, 4.69) is 15.7 Å². The van der Waals surface area contributed by atoms with E-state index in [-0.39, 0.29) is 6.54 Å². The summed E-state index contributed by atoms with van der Waals surface area (Å²) in [6.45, 7) is 3.57. The minimum Gasteiger partial charge on any atom is -0.388 e. The first kappa shape index (κ1) is 18.3. The number of aliphatic hydroxyl groups is 1. The summed E-state index contributed by atoms with van der Waals surface area (Å²) in [6.07, 6.45) is 2.98. The normalized spacial score (nSPS) is 11.7. The highest BCUT2D eigenvalue weighted by atomic mass is 19.3. The van der Waals surface area contributed by atoms with Crippen molar-refractivity contribution < 1.29 is 18.7 Å². The molecule has 126 valence electrons. The summed E-state index contributed by atoms with van der Waals surface area (Å²) in [4.78, 5) is 11.8. The van der Waals surface area contributed by atoms with Crippen molar-refractivity contribution in [3.63, 3.8) is 0 Å². The van der Waals surface area contributed by atoms with Gasteiger partial charge >= 0.3 is 6.03 Å². The lowest BCUT2D eigenvalue weighted by atomic mass is 9.93. The van der Waals surface area contributed by atoms with Crippen LogP contribution < -0.4 is 10.6 Å². The van der Waals surface area contributed by atoms with Gasteiger partial charge in [0.1, 0.15) is 6.54 Å². The maximum absolute atomic E-state index is 12.2. The molecule has 0 aliphatic heterocycles. The number of carbonyl (C=O) groups is 1. The molecule has 0 spiro atoms. The van der Waals surface area contributed by atoms with Crippen LogP contribution in [0.4, 0.5) is 19.3 Å². The van der Waals surface area contributed by atoms with Crippen molar-refractivity contribution in [3.05, 3.63) is 12.4 Å². The van der Waals surface area contributed by atoms with Crippen LogP contribution in [0.5, 0.6) is 0 Å². The van der Waals surface area contributed by atoms with Gasteiger partial charge in [-0.3, -0.25) is 4.68 Å². The Hall–Kier alpha value is -1.70. The Morgan fingerprint density at radius 2 is 2.05 bits per heavy atom. The largest absolute Gasteiger partial charge is 0.388 e. The number of amides is 2. The van der Waals surface area contributed by atoms with Gasteiger partial charge in [-0.15, -0.1) is 0 Å². The number of nitrogens with one attached hydrogen (secondary N) is 2. The first-order valence-electron chi connectivity index (χ1n) is 7.46. The molecule has 0 aromatic carbocycles. The van der Waals surface area contributed by atoms with Crippen LogP contribution in [0.1, 0.15) is 39.5 Å². The van der Waals surface area contributed by atoms with E-state index in [1.807, 2.05) is 13.8 Å². The predicted molar refractivity (Wildman–Crippen MR) is 80.0 cm³/mol. The van der Waals surface area contributed by atoms with Crippen LogP contribution in [0.25, 0.3) is 0 Å². The molecule has 0 fully saturated rings. The zero-order chi connectivity index (χ0) is 16.6. The van der Waals surface area contributed by atoms with E-state index in [0.717, 1.165) is 17.5 Å². The first-order valence-corrected chi connectivity index (χ1v) is 7.46. The van der Waals surface area contributed by atoms with Gasteiger partial charge in [-0.1, -0.05) is 26.7 Å². The Bertz CT molecular complexity index is 459. The second-order valence-electron chi connectivity index (χ2n) is 5.37. The van der Waals surface area contributed by atoms with E-state index in [1.54, 1.807) is 0 Å². The van der Waals surface area contributed by atoms with Crippen molar-refractivity contribution in [2.24, 2.45) is 0 Å². The van der Waals surface area contributed by atoms with Crippen LogP contribution in [0.15, 0.2) is 12.4 Å². The third kappa shape index (κ3) is 6.38. The second-order valence-corrected chi connectivity index (χ2v) is 5.37. The summed E-state index contributed by atoms with van der Waals surface area (Å²) >= 11 is 0. The first-order chi connectivity index (χ1) is 10.4. The lowest BCUT2D eigenvalue weighted by Crippen LogP contribution is -2.44. The van der Waals surface area contributed by atoms with Gasteiger partial charge in [0.05, 0.1) is 17.5 Å². The number of halogens is 2. The molecular formula is C14H24F2N4O2. The Labute approximate surface area is 128 Å². The number of nitrogens with zero attached hydrogens (tertiary/aromatic N) is 2. The van der Waals surface area contributed by atoms with Gasteiger partial charge in [0.2, 0.25) is 0 Å². The number of hydrogen-bond acceptors (Lipinski definition) is 3. The van der Waals surface area contributed by atoms with E-state index in [9.17, 15) is 18.7 Å². The zero-order valence-electron chi connectivity index (χ0n) is 13.0. The quantitative estimate of drug-likeness (QED) is 0.655.